The second-order valence-corrected chi connectivity index (χ2v) is 5.89. The SMILES string of the molecule is C=C(CCl)c1ccc(C(F)(F)F)cc1NC(=O)OC(C)(C)C. The maximum atomic E-state index is 12.8. The molecule has 0 saturated heterocycles. The van der Waals surface area contributed by atoms with Crippen LogP contribution in [0, 0.1) is 0 Å². The third-order valence-corrected chi connectivity index (χ3v) is 2.85. The molecule has 0 saturated carbocycles. The van der Waals surface area contributed by atoms with E-state index < -0.39 is 23.4 Å². The Morgan fingerprint density at radius 3 is 2.36 bits per heavy atom. The van der Waals surface area contributed by atoms with Crippen molar-refractivity contribution in [1.29, 1.82) is 0 Å². The fraction of sp³-hybridized carbons (Fsp3) is 0.400. The molecule has 1 aromatic rings. The van der Waals surface area contributed by atoms with Gasteiger partial charge in [0.25, 0.3) is 0 Å². The summed E-state index contributed by atoms with van der Waals surface area (Å²) in [6, 6.07) is 2.96. The maximum absolute atomic E-state index is 12.8. The highest BCUT2D eigenvalue weighted by atomic mass is 35.5. The number of carbonyl (C=O) groups excluding carboxylic acids is 1. The van der Waals surface area contributed by atoms with Crippen LogP contribution in [0.4, 0.5) is 23.7 Å². The summed E-state index contributed by atoms with van der Waals surface area (Å²) in [6.45, 7) is 8.62. The molecule has 0 spiro atoms. The molecule has 0 heterocycles. The van der Waals surface area contributed by atoms with E-state index in [1.807, 2.05) is 0 Å². The molecule has 7 heteroatoms. The van der Waals surface area contributed by atoms with E-state index >= 15 is 0 Å². The van der Waals surface area contributed by atoms with Gasteiger partial charge in [0, 0.05) is 11.4 Å². The molecule has 0 aromatic heterocycles. The smallest absolute Gasteiger partial charge is 0.416 e. The van der Waals surface area contributed by atoms with Crippen LogP contribution in [0.15, 0.2) is 24.8 Å². The summed E-state index contributed by atoms with van der Waals surface area (Å²) >= 11 is 5.67. The van der Waals surface area contributed by atoms with Crippen molar-refractivity contribution in [2.24, 2.45) is 0 Å². The van der Waals surface area contributed by atoms with Crippen molar-refractivity contribution in [1.82, 2.24) is 0 Å². The third-order valence-electron chi connectivity index (χ3n) is 2.52. The Hall–Kier alpha value is -1.69. The van der Waals surface area contributed by atoms with Crippen molar-refractivity contribution < 1.29 is 22.7 Å². The molecular formula is C15H17ClF3NO2. The molecule has 0 aliphatic rings. The van der Waals surface area contributed by atoms with Crippen LogP contribution >= 0.6 is 11.6 Å². The van der Waals surface area contributed by atoms with Gasteiger partial charge in [-0.25, -0.2) is 4.79 Å². The fourth-order valence-corrected chi connectivity index (χ4v) is 1.76. The number of halogens is 4. The number of amides is 1. The lowest BCUT2D eigenvalue weighted by molar-refractivity contribution is -0.137. The van der Waals surface area contributed by atoms with Gasteiger partial charge in [-0.2, -0.15) is 13.2 Å². The number of ether oxygens (including phenoxy) is 1. The van der Waals surface area contributed by atoms with Gasteiger partial charge < -0.3 is 4.74 Å². The van der Waals surface area contributed by atoms with Crippen molar-refractivity contribution in [2.75, 3.05) is 11.2 Å². The Kier molecular flexibility index (Phi) is 5.51. The van der Waals surface area contributed by atoms with Crippen LogP contribution in [-0.4, -0.2) is 17.6 Å². The Morgan fingerprint density at radius 1 is 1.32 bits per heavy atom. The van der Waals surface area contributed by atoms with Gasteiger partial charge in [0.05, 0.1) is 11.3 Å². The van der Waals surface area contributed by atoms with Crippen LogP contribution in [0.1, 0.15) is 31.9 Å². The number of nitrogens with one attached hydrogen (secondary N) is 1. The first-order chi connectivity index (χ1) is 9.94. The molecule has 122 valence electrons. The average Bonchev–Trinajstić information content (AvgIpc) is 2.34. The molecule has 0 aliphatic heterocycles. The van der Waals surface area contributed by atoms with Crippen molar-refractivity contribution in [3.63, 3.8) is 0 Å². The van der Waals surface area contributed by atoms with Gasteiger partial charge >= 0.3 is 12.3 Å². The largest absolute Gasteiger partial charge is 0.444 e. The first kappa shape index (κ1) is 18.4. The van der Waals surface area contributed by atoms with Crippen LogP contribution in [-0.2, 0) is 10.9 Å². The minimum atomic E-state index is -4.52. The summed E-state index contributed by atoms with van der Waals surface area (Å²) in [6.07, 6.45) is -5.37. The average molecular weight is 336 g/mol. The predicted molar refractivity (Wildman–Crippen MR) is 81.1 cm³/mol. The van der Waals surface area contributed by atoms with E-state index in [0.717, 1.165) is 12.1 Å². The normalized spacial score (nSPS) is 12.0. The Morgan fingerprint density at radius 2 is 1.91 bits per heavy atom. The highest BCUT2D eigenvalue weighted by Crippen LogP contribution is 2.34. The molecule has 1 N–H and O–H groups in total. The van der Waals surface area contributed by atoms with Crippen molar-refractivity contribution in [2.45, 2.75) is 32.5 Å². The second kappa shape index (κ2) is 6.60. The van der Waals surface area contributed by atoms with Crippen LogP contribution in [0.3, 0.4) is 0 Å². The Bertz CT molecular complexity index is 577. The van der Waals surface area contributed by atoms with E-state index in [1.54, 1.807) is 20.8 Å². The second-order valence-electron chi connectivity index (χ2n) is 5.62. The monoisotopic (exact) mass is 335 g/mol. The quantitative estimate of drug-likeness (QED) is 0.761. The van der Waals surface area contributed by atoms with Crippen LogP contribution < -0.4 is 5.32 Å². The summed E-state index contributed by atoms with van der Waals surface area (Å²) in [4.78, 5) is 11.8. The van der Waals surface area contributed by atoms with Gasteiger partial charge in [-0.3, -0.25) is 5.32 Å². The number of hydrogen-bond acceptors (Lipinski definition) is 2. The predicted octanol–water partition coefficient (Wildman–Crippen LogP) is 5.30. The number of hydrogen-bond donors (Lipinski definition) is 1. The van der Waals surface area contributed by atoms with E-state index in [2.05, 4.69) is 11.9 Å². The van der Waals surface area contributed by atoms with E-state index in [0.29, 0.717) is 11.1 Å². The summed E-state index contributed by atoms with van der Waals surface area (Å²) in [5.41, 5.74) is -0.982. The molecule has 0 radical (unpaired) electrons. The van der Waals surface area contributed by atoms with Gasteiger partial charge in [-0.1, -0.05) is 12.6 Å². The summed E-state index contributed by atoms with van der Waals surface area (Å²) in [7, 11) is 0. The van der Waals surface area contributed by atoms with Gasteiger partial charge in [0.2, 0.25) is 0 Å². The summed E-state index contributed by atoms with van der Waals surface area (Å²) in [5.74, 6) is 0.0222. The maximum Gasteiger partial charge on any atom is 0.416 e. The van der Waals surface area contributed by atoms with E-state index in [-0.39, 0.29) is 11.6 Å². The fourth-order valence-electron chi connectivity index (χ4n) is 1.62. The molecule has 0 fully saturated rings. The van der Waals surface area contributed by atoms with Gasteiger partial charge in [0.1, 0.15) is 5.60 Å². The van der Waals surface area contributed by atoms with Gasteiger partial charge in [-0.05, 0) is 38.5 Å². The molecule has 0 unspecified atom stereocenters. The molecule has 3 nitrogen and oxygen atoms in total. The van der Waals surface area contributed by atoms with Crippen LogP contribution in [0.2, 0.25) is 0 Å². The molecular weight excluding hydrogens is 319 g/mol. The third kappa shape index (κ3) is 5.26. The minimum absolute atomic E-state index is 0.0222. The number of allylic oxidation sites excluding steroid dienone is 1. The number of rotatable bonds is 3. The standard InChI is InChI=1S/C15H17ClF3NO2/c1-9(8-16)11-6-5-10(15(17,18)19)7-12(11)20-13(21)22-14(2,3)4/h5-7H,1,8H2,2-4H3,(H,20,21). The van der Waals surface area contributed by atoms with Crippen molar-refractivity contribution in [3.05, 3.63) is 35.9 Å². The number of alkyl halides is 4. The zero-order valence-electron chi connectivity index (χ0n) is 12.5. The highest BCUT2D eigenvalue weighted by Gasteiger charge is 2.31. The molecule has 1 rings (SSSR count). The van der Waals surface area contributed by atoms with Crippen molar-refractivity contribution >= 4 is 29.0 Å². The Balaban J connectivity index is 3.17. The lowest BCUT2D eigenvalue weighted by Crippen LogP contribution is -2.27. The van der Waals surface area contributed by atoms with E-state index in [1.165, 1.54) is 6.07 Å². The van der Waals surface area contributed by atoms with E-state index in [4.69, 9.17) is 16.3 Å². The topological polar surface area (TPSA) is 38.3 Å². The molecule has 1 amide bonds. The molecule has 22 heavy (non-hydrogen) atoms. The zero-order valence-corrected chi connectivity index (χ0v) is 13.2. The molecule has 1 aromatic carbocycles. The first-order valence-corrected chi connectivity index (χ1v) is 6.93. The Labute approximate surface area is 132 Å². The number of carbonyl (C=O) groups is 1. The first-order valence-electron chi connectivity index (χ1n) is 6.39. The highest BCUT2D eigenvalue weighted by molar-refractivity contribution is 6.23. The lowest BCUT2D eigenvalue weighted by atomic mass is 10.0. The molecule has 0 bridgehead atoms. The molecule has 0 aliphatic carbocycles. The molecule has 0 atom stereocenters. The van der Waals surface area contributed by atoms with Crippen LogP contribution in [0.5, 0.6) is 0 Å². The lowest BCUT2D eigenvalue weighted by Gasteiger charge is -2.21. The minimum Gasteiger partial charge on any atom is -0.444 e. The van der Waals surface area contributed by atoms with E-state index in [9.17, 15) is 18.0 Å². The van der Waals surface area contributed by atoms with Crippen LogP contribution in [0.25, 0.3) is 5.57 Å². The summed E-state index contributed by atoms with van der Waals surface area (Å²) in [5, 5.41) is 2.31. The summed E-state index contributed by atoms with van der Waals surface area (Å²) < 4.78 is 43.4. The number of benzene rings is 1. The van der Waals surface area contributed by atoms with Crippen molar-refractivity contribution in [3.8, 4) is 0 Å². The number of anilines is 1. The van der Waals surface area contributed by atoms with Gasteiger partial charge in [-0.15, -0.1) is 11.6 Å². The zero-order chi connectivity index (χ0) is 17.1. The van der Waals surface area contributed by atoms with Gasteiger partial charge in [0.15, 0.2) is 0 Å².